The number of fused-ring (bicyclic) bond motifs is 10. The first-order valence-corrected chi connectivity index (χ1v) is 38.3. The number of ether oxygens (including phenoxy) is 2. The van der Waals surface area contributed by atoms with Crippen molar-refractivity contribution in [1.82, 2.24) is 18.6 Å². The van der Waals surface area contributed by atoms with E-state index in [0.717, 1.165) is 134 Å². The first-order chi connectivity index (χ1) is 54.1. The number of hydrogen-bond donors (Lipinski definition) is 3. The molecule has 566 valence electrons. The number of morpholine rings is 1. The summed E-state index contributed by atoms with van der Waals surface area (Å²) in [5.41, 5.74) is 1.64. The molecule has 1 saturated heterocycles. The predicted octanol–water partition coefficient (Wildman–Crippen LogP) is 16.7. The quantitative estimate of drug-likeness (QED) is 0.0761. The number of nitrogens with zero attached hydrogens (tertiary/aromatic N) is 4. The second-order valence-electron chi connectivity index (χ2n) is 27.7. The SMILES string of the molecule is O=c1oc2c(c(O)c1Sc1cccc(F)c1)c(=O)n1c3c(cccc23)CC1c1ccccc1.O=c1oc2c(c(O)c1Sc1ccccc1C(F)(F)F)c(=O)n1c3c(cccc23)CC1c1ccc(F)cc1.O=c1oc2cc3n(c(=O)c2c(O)c1Sc1ccc(F)cc1)-c1ccc(OCCN2CCOCC2)cc1C31CCCCC1. The molecule has 0 amide bonds. The summed E-state index contributed by atoms with van der Waals surface area (Å²) >= 11 is 2.18. The lowest BCUT2D eigenvalue weighted by atomic mass is 9.68. The molecule has 112 heavy (non-hydrogen) atoms. The topological polar surface area (TPSA) is 239 Å². The van der Waals surface area contributed by atoms with Crippen LogP contribution in [0.4, 0.5) is 26.3 Å². The van der Waals surface area contributed by atoms with Crippen LogP contribution in [0.3, 0.4) is 0 Å². The molecule has 0 bridgehead atoms. The van der Waals surface area contributed by atoms with Crippen molar-refractivity contribution in [2.75, 3.05) is 39.5 Å². The molecule has 19 rings (SSSR count). The summed E-state index contributed by atoms with van der Waals surface area (Å²) in [5, 5.41) is 34.1. The molecule has 1 aliphatic carbocycles. The fraction of sp³-hybridized carbons (Fsp3) is 0.200. The van der Waals surface area contributed by atoms with Gasteiger partial charge in [-0.2, -0.15) is 13.2 Å². The highest BCUT2D eigenvalue weighted by Crippen LogP contribution is 2.54. The zero-order chi connectivity index (χ0) is 77.6. The normalized spacial score (nSPS) is 16.1. The van der Waals surface area contributed by atoms with Gasteiger partial charge in [-0.1, -0.05) is 139 Å². The lowest BCUT2D eigenvalue weighted by molar-refractivity contribution is -0.139. The van der Waals surface area contributed by atoms with Gasteiger partial charge in [-0.25, -0.2) is 27.6 Å². The van der Waals surface area contributed by atoms with Crippen molar-refractivity contribution in [3.05, 3.63) is 307 Å². The van der Waals surface area contributed by atoms with Crippen LogP contribution < -0.4 is 38.3 Å². The molecule has 27 heteroatoms. The molecule has 5 aliphatic rings. The van der Waals surface area contributed by atoms with Crippen LogP contribution in [0.2, 0.25) is 0 Å². The Balaban J connectivity index is 0.000000123. The third-order valence-electron chi connectivity index (χ3n) is 21.3. The number of rotatable bonds is 12. The minimum Gasteiger partial charge on any atom is -0.505 e. The molecule has 4 aliphatic heterocycles. The molecule has 2 atom stereocenters. The van der Waals surface area contributed by atoms with Gasteiger partial charge in [0.15, 0.2) is 28.4 Å². The Morgan fingerprint density at radius 3 is 1.66 bits per heavy atom. The maximum absolute atomic E-state index is 14.2. The first-order valence-electron chi connectivity index (χ1n) is 35.9. The van der Waals surface area contributed by atoms with Gasteiger partial charge >= 0.3 is 23.1 Å². The summed E-state index contributed by atoms with van der Waals surface area (Å²) in [6.45, 7) is 4.64. The van der Waals surface area contributed by atoms with E-state index in [1.54, 1.807) is 51.6 Å². The molecule has 0 radical (unpaired) electrons. The Bertz CT molecular complexity index is 6560. The van der Waals surface area contributed by atoms with Gasteiger partial charge < -0.3 is 38.0 Å². The standard InChI is InChI=1S/C32H31FN2O6S.C27H15F4NO4S.C26H16FNO4S/c33-20-4-7-22(8-5-20)42-29-28(36)27-25(41-31(29)38)19-26-32(10-2-1-3-11-32)23-18-21(6-9-24(23)35(26)30(27)37)40-17-14-34-12-15-39-16-13-34;28-15-10-8-13(9-11-15)18-12-14-4-3-5-16-21(14)32(18)25(34)20-22(33)24(26(35)36-23(16)20)37-19-7-2-1-6-17(19)27(29,30)31;27-16-9-5-10-17(13-16)33-24-22(29)20-23(32-26(24)31)18-11-4-8-15-12-19(14-6-2-1-3-7-14)28(21(15)18)25(20)30/h4-9,18-19,36H,1-3,10-17H2;1-11,18,33H,12H2;1-11,13,19,29H,12H2. The Labute approximate surface area is 642 Å². The maximum atomic E-state index is 14.2. The molecule has 2 fully saturated rings. The highest BCUT2D eigenvalue weighted by Gasteiger charge is 2.47. The van der Waals surface area contributed by atoms with Gasteiger partial charge in [0.1, 0.15) is 66.2 Å². The van der Waals surface area contributed by atoms with Gasteiger partial charge in [0.2, 0.25) is 0 Å². The molecule has 1 spiro atoms. The monoisotopic (exact) mass is 1570 g/mol. The molecule has 2 unspecified atom stereocenters. The summed E-state index contributed by atoms with van der Waals surface area (Å²) in [6.07, 6.45) is 1.17. The molecule has 14 aromatic rings. The number of pyridine rings is 3. The van der Waals surface area contributed by atoms with Gasteiger partial charge in [-0.05, 0) is 151 Å². The fourth-order valence-electron chi connectivity index (χ4n) is 16.2. The number of aromatic nitrogens is 3. The van der Waals surface area contributed by atoms with Gasteiger partial charge in [0.25, 0.3) is 16.7 Å². The summed E-state index contributed by atoms with van der Waals surface area (Å²) in [4.78, 5) is 82.6. The Kier molecular flexibility index (Phi) is 19.2. The van der Waals surface area contributed by atoms with E-state index >= 15 is 0 Å². The zero-order valence-electron chi connectivity index (χ0n) is 58.9. The number of halogens is 6. The van der Waals surface area contributed by atoms with Crippen molar-refractivity contribution in [2.24, 2.45) is 0 Å². The van der Waals surface area contributed by atoms with Gasteiger partial charge in [-0.3, -0.25) is 33.0 Å². The fourth-order valence-corrected chi connectivity index (χ4v) is 18.9. The van der Waals surface area contributed by atoms with Crippen LogP contribution in [0.5, 0.6) is 23.0 Å². The summed E-state index contributed by atoms with van der Waals surface area (Å²) < 4.78 is 114. The van der Waals surface area contributed by atoms with Crippen molar-refractivity contribution >= 4 is 90.0 Å². The predicted molar refractivity (Wildman–Crippen MR) is 411 cm³/mol. The average molecular weight is 1570 g/mol. The van der Waals surface area contributed by atoms with E-state index in [0.29, 0.717) is 68.4 Å². The molecule has 18 nitrogen and oxygen atoms in total. The molecular formula is C85H62F6N4O14S3. The van der Waals surface area contributed by atoms with Gasteiger partial charge in [0, 0.05) is 62.3 Å². The van der Waals surface area contributed by atoms with Crippen molar-refractivity contribution in [2.45, 2.75) is 98.0 Å². The van der Waals surface area contributed by atoms with Crippen LogP contribution in [-0.2, 0) is 29.2 Å². The third-order valence-corrected chi connectivity index (χ3v) is 24.5. The molecule has 1 saturated carbocycles. The van der Waals surface area contributed by atoms with E-state index in [-0.39, 0.29) is 53.6 Å². The molecule has 10 heterocycles. The Hall–Kier alpha value is -11.5. The molecule has 6 aromatic heterocycles. The second-order valence-corrected chi connectivity index (χ2v) is 31.0. The molecule has 8 aromatic carbocycles. The Morgan fingerprint density at radius 1 is 0.509 bits per heavy atom. The van der Waals surface area contributed by atoms with Crippen molar-refractivity contribution in [1.29, 1.82) is 0 Å². The lowest BCUT2D eigenvalue weighted by Gasteiger charge is -2.34. The number of para-hydroxylation sites is 2. The summed E-state index contributed by atoms with van der Waals surface area (Å²) in [6, 6.07) is 48.8. The molecular weight excluding hydrogens is 1510 g/mol. The van der Waals surface area contributed by atoms with Crippen LogP contribution in [0.25, 0.3) is 60.4 Å². The van der Waals surface area contributed by atoms with Crippen molar-refractivity contribution in [3.8, 4) is 28.7 Å². The van der Waals surface area contributed by atoms with Gasteiger partial charge in [-0.15, -0.1) is 0 Å². The minimum absolute atomic E-state index is 0.0485. The Morgan fingerprint density at radius 2 is 1.05 bits per heavy atom. The van der Waals surface area contributed by atoms with Crippen LogP contribution in [0, 0.1) is 17.5 Å². The van der Waals surface area contributed by atoms with Crippen LogP contribution in [0.1, 0.15) is 83.3 Å². The summed E-state index contributed by atoms with van der Waals surface area (Å²) in [5.74, 6) is -2.19. The number of alkyl halides is 3. The van der Waals surface area contributed by atoms with Crippen molar-refractivity contribution in [3.63, 3.8) is 0 Å². The maximum Gasteiger partial charge on any atom is 0.417 e. The second kappa shape index (κ2) is 29.3. The number of hydrogen-bond acceptors (Lipinski definition) is 18. The summed E-state index contributed by atoms with van der Waals surface area (Å²) in [7, 11) is 0. The highest BCUT2D eigenvalue weighted by molar-refractivity contribution is 8.00. The van der Waals surface area contributed by atoms with E-state index in [2.05, 4.69) is 11.0 Å². The zero-order valence-corrected chi connectivity index (χ0v) is 61.3. The van der Waals surface area contributed by atoms with E-state index in [9.17, 15) is 70.4 Å². The van der Waals surface area contributed by atoms with Gasteiger partial charge in [0.05, 0.1) is 47.6 Å². The van der Waals surface area contributed by atoms with Crippen LogP contribution in [-0.4, -0.2) is 73.4 Å². The van der Waals surface area contributed by atoms with E-state index in [1.165, 1.54) is 77.4 Å². The van der Waals surface area contributed by atoms with Crippen LogP contribution in [0.15, 0.2) is 259 Å². The van der Waals surface area contributed by atoms with E-state index in [4.69, 9.17) is 22.7 Å². The number of benzene rings is 8. The molecule has 3 N–H and O–H groups in total. The third kappa shape index (κ3) is 13.0. The smallest absolute Gasteiger partial charge is 0.417 e. The highest BCUT2D eigenvalue weighted by atomic mass is 32.2. The first kappa shape index (κ1) is 73.3. The van der Waals surface area contributed by atoms with E-state index < -0.39 is 96.3 Å². The minimum atomic E-state index is -4.70. The average Bonchev–Trinajstić information content (AvgIpc) is 1.46. The lowest BCUT2D eigenvalue weighted by Crippen LogP contribution is -2.38. The van der Waals surface area contributed by atoms with Crippen LogP contribution >= 0.6 is 35.3 Å². The number of aromatic hydroxyl groups is 3. The largest absolute Gasteiger partial charge is 0.505 e. The van der Waals surface area contributed by atoms with E-state index in [1.807, 2.05) is 60.7 Å². The van der Waals surface area contributed by atoms with Crippen molar-refractivity contribution < 1.29 is 64.4 Å².